The summed E-state index contributed by atoms with van der Waals surface area (Å²) in [4.78, 5) is 22.4. The Hall–Kier alpha value is -2.05. The highest BCUT2D eigenvalue weighted by Gasteiger charge is 2.39. The largest absolute Gasteiger partial charge is 0.490 e. The molecule has 2 unspecified atom stereocenters. The van der Waals surface area contributed by atoms with Crippen LogP contribution in [0.5, 0.6) is 0 Å². The van der Waals surface area contributed by atoms with E-state index in [0.717, 1.165) is 24.7 Å². The van der Waals surface area contributed by atoms with Crippen LogP contribution in [-0.2, 0) is 9.59 Å². The first kappa shape index (κ1) is 26.0. The zero-order valence-corrected chi connectivity index (χ0v) is 14.8. The summed E-state index contributed by atoms with van der Waals surface area (Å²) in [5.41, 5.74) is 11.7. The van der Waals surface area contributed by atoms with Crippen LogP contribution in [0, 0.1) is 11.8 Å². The van der Waals surface area contributed by atoms with Crippen molar-refractivity contribution in [2.45, 2.75) is 56.9 Å². The van der Waals surface area contributed by atoms with Crippen molar-refractivity contribution >= 4 is 17.8 Å². The van der Waals surface area contributed by atoms with Crippen molar-refractivity contribution in [3.63, 3.8) is 0 Å². The van der Waals surface area contributed by atoms with Crippen LogP contribution in [0.1, 0.15) is 38.5 Å². The SMILES string of the molecule is NCC(C1CC1)C1CCCCC(N)=N1.O=C(O)C(F)(F)F.O=C(O)C(F)(F)F. The van der Waals surface area contributed by atoms with E-state index in [0.29, 0.717) is 12.0 Å². The molecule has 0 aromatic heterocycles. The number of aliphatic imine (C=N–C) groups is 1. The Morgan fingerprint density at radius 2 is 1.43 bits per heavy atom. The quantitative estimate of drug-likeness (QED) is 0.515. The molecule has 6 N–H and O–H groups in total. The first-order chi connectivity index (χ1) is 12.7. The molecular formula is C15H23F6N3O4. The van der Waals surface area contributed by atoms with E-state index >= 15 is 0 Å². The lowest BCUT2D eigenvalue weighted by molar-refractivity contribution is -0.193. The molecule has 0 aromatic rings. The molecule has 28 heavy (non-hydrogen) atoms. The number of nitrogens with zero attached hydrogens (tertiary/aromatic N) is 1. The van der Waals surface area contributed by atoms with E-state index in [9.17, 15) is 26.3 Å². The summed E-state index contributed by atoms with van der Waals surface area (Å²) in [5, 5.41) is 14.2. The van der Waals surface area contributed by atoms with Gasteiger partial charge in [0, 0.05) is 6.42 Å². The lowest BCUT2D eigenvalue weighted by atomic mass is 9.91. The number of rotatable bonds is 3. The zero-order chi connectivity index (χ0) is 22.1. The van der Waals surface area contributed by atoms with Crippen LogP contribution in [0.3, 0.4) is 0 Å². The van der Waals surface area contributed by atoms with Gasteiger partial charge in [-0.1, -0.05) is 6.42 Å². The summed E-state index contributed by atoms with van der Waals surface area (Å²) >= 11 is 0. The smallest absolute Gasteiger partial charge is 0.475 e. The number of alkyl halides is 6. The van der Waals surface area contributed by atoms with Gasteiger partial charge in [-0.3, -0.25) is 4.99 Å². The summed E-state index contributed by atoms with van der Waals surface area (Å²) in [6.07, 6.45) is -2.81. The van der Waals surface area contributed by atoms with Crippen LogP contribution in [0.25, 0.3) is 0 Å². The summed E-state index contributed by atoms with van der Waals surface area (Å²) in [6.45, 7) is 0.784. The van der Waals surface area contributed by atoms with Gasteiger partial charge in [0.1, 0.15) is 0 Å². The molecule has 0 aromatic carbocycles. The van der Waals surface area contributed by atoms with Crippen molar-refractivity contribution in [1.29, 1.82) is 0 Å². The molecule has 7 nitrogen and oxygen atoms in total. The van der Waals surface area contributed by atoms with Crippen LogP contribution in [0.2, 0.25) is 0 Å². The minimum atomic E-state index is -5.08. The molecule has 0 saturated heterocycles. The fourth-order valence-electron chi connectivity index (χ4n) is 2.50. The highest BCUT2D eigenvalue weighted by atomic mass is 19.4. The normalized spacial score (nSPS) is 21.0. The van der Waals surface area contributed by atoms with Gasteiger partial charge in [0.25, 0.3) is 0 Å². The second kappa shape index (κ2) is 11.1. The molecule has 164 valence electrons. The van der Waals surface area contributed by atoms with Crippen molar-refractivity contribution in [3.05, 3.63) is 0 Å². The number of halogens is 6. The van der Waals surface area contributed by atoms with Gasteiger partial charge in [-0.15, -0.1) is 0 Å². The average molecular weight is 423 g/mol. The molecule has 1 aliphatic carbocycles. The molecule has 13 heteroatoms. The third-order valence-electron chi connectivity index (χ3n) is 3.99. The van der Waals surface area contributed by atoms with Crippen molar-refractivity contribution in [3.8, 4) is 0 Å². The highest BCUT2D eigenvalue weighted by molar-refractivity contribution is 5.80. The average Bonchev–Trinajstić information content (AvgIpc) is 3.36. The van der Waals surface area contributed by atoms with E-state index in [4.69, 9.17) is 31.3 Å². The van der Waals surface area contributed by atoms with Crippen molar-refractivity contribution in [1.82, 2.24) is 0 Å². The van der Waals surface area contributed by atoms with E-state index < -0.39 is 24.3 Å². The van der Waals surface area contributed by atoms with Gasteiger partial charge in [-0.2, -0.15) is 26.3 Å². The lowest BCUT2D eigenvalue weighted by Gasteiger charge is -2.21. The van der Waals surface area contributed by atoms with Gasteiger partial charge < -0.3 is 21.7 Å². The van der Waals surface area contributed by atoms with E-state index in [-0.39, 0.29) is 0 Å². The first-order valence-corrected chi connectivity index (χ1v) is 8.32. The summed E-state index contributed by atoms with van der Waals surface area (Å²) in [6, 6.07) is 0.426. The molecule has 0 amide bonds. The van der Waals surface area contributed by atoms with Gasteiger partial charge >= 0.3 is 24.3 Å². The highest BCUT2D eigenvalue weighted by Crippen LogP contribution is 2.40. The predicted molar refractivity (Wildman–Crippen MR) is 86.5 cm³/mol. The Balaban J connectivity index is 0.000000444. The maximum atomic E-state index is 10.6. The van der Waals surface area contributed by atoms with Crippen LogP contribution in [0.4, 0.5) is 26.3 Å². The molecule has 1 heterocycles. The van der Waals surface area contributed by atoms with E-state index in [1.54, 1.807) is 0 Å². The number of nitrogens with two attached hydrogens (primary N) is 2. The fourth-order valence-corrected chi connectivity index (χ4v) is 2.50. The molecule has 2 rings (SSSR count). The zero-order valence-electron chi connectivity index (χ0n) is 14.8. The second-order valence-corrected chi connectivity index (χ2v) is 6.28. The van der Waals surface area contributed by atoms with Crippen LogP contribution < -0.4 is 11.5 Å². The summed E-state index contributed by atoms with van der Waals surface area (Å²) in [5.74, 6) is -3.21. The maximum absolute atomic E-state index is 10.6. The van der Waals surface area contributed by atoms with Crippen molar-refractivity contribution < 1.29 is 46.1 Å². The van der Waals surface area contributed by atoms with Crippen LogP contribution >= 0.6 is 0 Å². The van der Waals surface area contributed by atoms with Gasteiger partial charge in [0.15, 0.2) is 0 Å². The number of carboxylic acids is 2. The number of hydrogen-bond donors (Lipinski definition) is 4. The van der Waals surface area contributed by atoms with Crippen molar-refractivity contribution in [2.75, 3.05) is 6.54 Å². The number of carboxylic acid groups (broad SMARTS) is 2. The third kappa shape index (κ3) is 10.9. The first-order valence-electron chi connectivity index (χ1n) is 8.32. The number of carbonyl (C=O) groups is 2. The van der Waals surface area contributed by atoms with E-state index in [1.165, 1.54) is 32.1 Å². The van der Waals surface area contributed by atoms with E-state index in [2.05, 4.69) is 4.99 Å². The van der Waals surface area contributed by atoms with Gasteiger partial charge in [0.2, 0.25) is 0 Å². The van der Waals surface area contributed by atoms with Gasteiger partial charge in [-0.05, 0) is 44.1 Å². The molecule has 1 aliphatic heterocycles. The molecule has 1 saturated carbocycles. The summed E-state index contributed by atoms with van der Waals surface area (Å²) < 4.78 is 63.5. The van der Waals surface area contributed by atoms with E-state index in [1.807, 2.05) is 0 Å². The predicted octanol–water partition coefficient (Wildman–Crippen LogP) is 2.54. The third-order valence-corrected chi connectivity index (χ3v) is 3.99. The fraction of sp³-hybridized carbons (Fsp3) is 0.800. The minimum Gasteiger partial charge on any atom is -0.475 e. The lowest BCUT2D eigenvalue weighted by Crippen LogP contribution is -2.29. The Labute approximate surface area is 156 Å². The molecule has 0 spiro atoms. The summed E-state index contributed by atoms with van der Waals surface area (Å²) in [7, 11) is 0. The number of aliphatic carboxylic acids is 2. The number of amidine groups is 1. The second-order valence-electron chi connectivity index (χ2n) is 6.28. The molecule has 2 aliphatic rings. The Kier molecular flexibility index (Phi) is 10.3. The molecule has 2 atom stereocenters. The van der Waals surface area contributed by atoms with Gasteiger partial charge in [-0.25, -0.2) is 9.59 Å². The minimum absolute atomic E-state index is 0.426. The number of hydrogen-bond acceptors (Lipinski definition) is 5. The topological polar surface area (TPSA) is 139 Å². The standard InChI is InChI=1S/C11H21N3.2C2HF3O2/c12-7-9(8-5-6-8)10-3-1-2-4-11(13)14-10;2*3-2(4,5)1(6)7/h8-10H,1-7,12H2,(H2,13,14);2*(H,6,7). The van der Waals surface area contributed by atoms with Crippen LogP contribution in [-0.4, -0.2) is 52.9 Å². The monoisotopic (exact) mass is 423 g/mol. The Morgan fingerprint density at radius 1 is 1.00 bits per heavy atom. The molecule has 0 bridgehead atoms. The molecular weight excluding hydrogens is 400 g/mol. The maximum Gasteiger partial charge on any atom is 0.490 e. The Bertz CT molecular complexity index is 523. The molecule has 0 radical (unpaired) electrons. The van der Waals surface area contributed by atoms with Gasteiger partial charge in [0.05, 0.1) is 11.9 Å². The Morgan fingerprint density at radius 3 is 1.75 bits per heavy atom. The molecule has 1 fully saturated rings. The van der Waals surface area contributed by atoms with Crippen molar-refractivity contribution in [2.24, 2.45) is 28.3 Å². The van der Waals surface area contributed by atoms with Crippen LogP contribution in [0.15, 0.2) is 4.99 Å².